The van der Waals surface area contributed by atoms with Crippen LogP contribution >= 0.6 is 0 Å². The highest BCUT2D eigenvalue weighted by Crippen LogP contribution is 2.30. The maximum Gasteiger partial charge on any atom is 0.0579 e. The molecule has 2 rings (SSSR count). The van der Waals surface area contributed by atoms with Gasteiger partial charge in [0.15, 0.2) is 0 Å². The molecular formula is C21H41NO. The summed E-state index contributed by atoms with van der Waals surface area (Å²) >= 11 is 0. The van der Waals surface area contributed by atoms with Gasteiger partial charge < -0.3 is 9.64 Å². The number of hydrogen-bond acceptors (Lipinski definition) is 2. The van der Waals surface area contributed by atoms with E-state index in [0.29, 0.717) is 12.2 Å². The Balaban J connectivity index is 1.62. The molecule has 0 aromatic heterocycles. The summed E-state index contributed by atoms with van der Waals surface area (Å²) in [7, 11) is 0. The lowest BCUT2D eigenvalue weighted by atomic mass is 9.84. The zero-order valence-corrected chi connectivity index (χ0v) is 16.4. The summed E-state index contributed by atoms with van der Waals surface area (Å²) in [6.45, 7) is 15.6. The van der Waals surface area contributed by atoms with Crippen LogP contribution in [0, 0.1) is 23.7 Å². The van der Waals surface area contributed by atoms with Gasteiger partial charge in [0.05, 0.1) is 12.2 Å². The quantitative estimate of drug-likeness (QED) is 0.625. The van der Waals surface area contributed by atoms with Crippen LogP contribution in [-0.4, -0.2) is 36.7 Å². The van der Waals surface area contributed by atoms with Gasteiger partial charge in [-0.2, -0.15) is 0 Å². The first kappa shape index (κ1) is 19.2. The summed E-state index contributed by atoms with van der Waals surface area (Å²) in [6.07, 6.45) is 10.3. The lowest BCUT2D eigenvalue weighted by molar-refractivity contribution is -0.0383. The van der Waals surface area contributed by atoms with Crippen LogP contribution in [0.3, 0.4) is 0 Å². The molecule has 1 atom stereocenters. The molecule has 1 saturated carbocycles. The molecule has 1 aliphatic carbocycles. The number of likely N-dealkylation sites (tertiary alicyclic amines) is 1. The van der Waals surface area contributed by atoms with Crippen molar-refractivity contribution in [3.8, 4) is 0 Å². The minimum Gasteiger partial charge on any atom is -0.375 e. The molecule has 1 aliphatic heterocycles. The fourth-order valence-electron chi connectivity index (χ4n) is 4.67. The molecule has 2 nitrogen and oxygen atoms in total. The van der Waals surface area contributed by atoms with Crippen molar-refractivity contribution >= 4 is 0 Å². The Hall–Kier alpha value is -0.0800. The maximum absolute atomic E-state index is 6.27. The van der Waals surface area contributed by atoms with Crippen LogP contribution in [0.15, 0.2) is 0 Å². The molecule has 23 heavy (non-hydrogen) atoms. The van der Waals surface area contributed by atoms with Gasteiger partial charge in [0, 0.05) is 6.54 Å². The second kappa shape index (κ2) is 9.42. The summed E-state index contributed by atoms with van der Waals surface area (Å²) in [5, 5.41) is 0. The normalized spacial score (nSPS) is 29.3. The Labute approximate surface area is 145 Å². The second-order valence-corrected chi connectivity index (χ2v) is 9.10. The molecule has 0 spiro atoms. The van der Waals surface area contributed by atoms with E-state index < -0.39 is 0 Å². The zero-order valence-electron chi connectivity index (χ0n) is 16.4. The molecule has 1 saturated heterocycles. The van der Waals surface area contributed by atoms with Crippen molar-refractivity contribution in [3.05, 3.63) is 0 Å². The van der Waals surface area contributed by atoms with Gasteiger partial charge in [-0.05, 0) is 88.6 Å². The third kappa shape index (κ3) is 6.74. The lowest BCUT2D eigenvalue weighted by Crippen LogP contribution is -2.39. The van der Waals surface area contributed by atoms with Gasteiger partial charge in [-0.25, -0.2) is 0 Å². The molecular weight excluding hydrogens is 282 g/mol. The topological polar surface area (TPSA) is 12.5 Å². The van der Waals surface area contributed by atoms with Gasteiger partial charge in [0.2, 0.25) is 0 Å². The molecule has 2 heteroatoms. The first-order valence-electron chi connectivity index (χ1n) is 10.3. The van der Waals surface area contributed by atoms with E-state index in [9.17, 15) is 0 Å². The standard InChI is InChI=1S/C21H41NO/c1-16(2)14-18(5)23-21-8-6-19(7-9-21)15-22-12-10-20(11-13-22)17(3)4/h16-21H,6-15H2,1-5H3. The first-order valence-corrected chi connectivity index (χ1v) is 10.3. The minimum atomic E-state index is 0.437. The Morgan fingerprint density at radius 1 is 0.870 bits per heavy atom. The Morgan fingerprint density at radius 2 is 1.48 bits per heavy atom. The SMILES string of the molecule is CC(C)CC(C)OC1CCC(CN2CCC(C(C)C)CC2)CC1. The zero-order chi connectivity index (χ0) is 16.8. The monoisotopic (exact) mass is 323 g/mol. The van der Waals surface area contributed by atoms with Crippen molar-refractivity contribution in [2.75, 3.05) is 19.6 Å². The molecule has 0 bridgehead atoms. The second-order valence-electron chi connectivity index (χ2n) is 9.10. The Kier molecular flexibility index (Phi) is 7.88. The third-order valence-electron chi connectivity index (χ3n) is 6.11. The van der Waals surface area contributed by atoms with Crippen LogP contribution in [0.25, 0.3) is 0 Å². The summed E-state index contributed by atoms with van der Waals surface area (Å²) < 4.78 is 6.27. The predicted octanol–water partition coefficient (Wildman–Crippen LogP) is 5.36. The van der Waals surface area contributed by atoms with E-state index in [1.54, 1.807) is 0 Å². The number of rotatable bonds is 7. The van der Waals surface area contributed by atoms with Crippen molar-refractivity contribution in [1.82, 2.24) is 4.90 Å². The van der Waals surface area contributed by atoms with Crippen LogP contribution in [0.1, 0.15) is 79.6 Å². The molecule has 0 radical (unpaired) electrons. The van der Waals surface area contributed by atoms with Crippen molar-refractivity contribution in [1.29, 1.82) is 0 Å². The predicted molar refractivity (Wildman–Crippen MR) is 99.8 cm³/mol. The highest BCUT2D eigenvalue weighted by molar-refractivity contribution is 4.80. The average molecular weight is 324 g/mol. The first-order chi connectivity index (χ1) is 10.9. The van der Waals surface area contributed by atoms with Gasteiger partial charge >= 0.3 is 0 Å². The fourth-order valence-corrected chi connectivity index (χ4v) is 4.67. The summed E-state index contributed by atoms with van der Waals surface area (Å²) in [6, 6.07) is 0. The molecule has 2 fully saturated rings. The van der Waals surface area contributed by atoms with Crippen LogP contribution in [0.2, 0.25) is 0 Å². The van der Waals surface area contributed by atoms with Crippen molar-refractivity contribution in [3.63, 3.8) is 0 Å². The van der Waals surface area contributed by atoms with E-state index in [4.69, 9.17) is 4.74 Å². The van der Waals surface area contributed by atoms with Crippen molar-refractivity contribution < 1.29 is 4.74 Å². The van der Waals surface area contributed by atoms with E-state index in [-0.39, 0.29) is 0 Å². The van der Waals surface area contributed by atoms with Crippen molar-refractivity contribution in [2.24, 2.45) is 23.7 Å². The summed E-state index contributed by atoms with van der Waals surface area (Å²) in [5.74, 6) is 3.51. The van der Waals surface area contributed by atoms with Gasteiger partial charge in [-0.15, -0.1) is 0 Å². The largest absolute Gasteiger partial charge is 0.375 e. The maximum atomic E-state index is 6.27. The van der Waals surface area contributed by atoms with Crippen LogP contribution in [-0.2, 0) is 4.74 Å². The van der Waals surface area contributed by atoms with Gasteiger partial charge in [-0.1, -0.05) is 27.7 Å². The lowest BCUT2D eigenvalue weighted by Gasteiger charge is -2.38. The molecule has 0 aromatic rings. The highest BCUT2D eigenvalue weighted by Gasteiger charge is 2.27. The number of ether oxygens (including phenoxy) is 1. The molecule has 0 aromatic carbocycles. The molecule has 2 aliphatic rings. The van der Waals surface area contributed by atoms with Crippen LogP contribution in [0.5, 0.6) is 0 Å². The molecule has 0 N–H and O–H groups in total. The average Bonchev–Trinajstić information content (AvgIpc) is 2.49. The van der Waals surface area contributed by atoms with Gasteiger partial charge in [0.25, 0.3) is 0 Å². The molecule has 0 amide bonds. The Morgan fingerprint density at radius 3 is 2.00 bits per heavy atom. The van der Waals surface area contributed by atoms with E-state index in [1.807, 2.05) is 0 Å². The van der Waals surface area contributed by atoms with Crippen molar-refractivity contribution in [2.45, 2.75) is 91.8 Å². The number of nitrogens with zero attached hydrogens (tertiary/aromatic N) is 1. The van der Waals surface area contributed by atoms with Crippen LogP contribution < -0.4 is 0 Å². The molecule has 136 valence electrons. The van der Waals surface area contributed by atoms with Gasteiger partial charge in [-0.3, -0.25) is 0 Å². The van der Waals surface area contributed by atoms with E-state index in [1.165, 1.54) is 64.6 Å². The molecule has 1 heterocycles. The van der Waals surface area contributed by atoms with E-state index >= 15 is 0 Å². The smallest absolute Gasteiger partial charge is 0.0579 e. The highest BCUT2D eigenvalue weighted by atomic mass is 16.5. The van der Waals surface area contributed by atoms with Gasteiger partial charge in [0.1, 0.15) is 0 Å². The molecule has 1 unspecified atom stereocenters. The Bertz CT molecular complexity index is 312. The summed E-state index contributed by atoms with van der Waals surface area (Å²) in [5.41, 5.74) is 0. The third-order valence-corrected chi connectivity index (χ3v) is 6.11. The van der Waals surface area contributed by atoms with E-state index in [2.05, 4.69) is 39.5 Å². The van der Waals surface area contributed by atoms with E-state index in [0.717, 1.165) is 23.7 Å². The van der Waals surface area contributed by atoms with Crippen LogP contribution in [0.4, 0.5) is 0 Å². The fraction of sp³-hybridized carbons (Fsp3) is 1.00. The number of piperidine rings is 1. The number of hydrogen-bond donors (Lipinski definition) is 0. The minimum absolute atomic E-state index is 0.437. The summed E-state index contributed by atoms with van der Waals surface area (Å²) in [4.78, 5) is 2.74.